The first-order valence-corrected chi connectivity index (χ1v) is 22.7. The van der Waals surface area contributed by atoms with Crippen LogP contribution in [0, 0.1) is 11.8 Å². The highest BCUT2D eigenvalue weighted by molar-refractivity contribution is 5.50. The van der Waals surface area contributed by atoms with Crippen molar-refractivity contribution in [1.82, 2.24) is 19.6 Å². The van der Waals surface area contributed by atoms with E-state index >= 15 is 0 Å². The van der Waals surface area contributed by atoms with Crippen molar-refractivity contribution in [2.75, 3.05) is 92.1 Å². The lowest BCUT2D eigenvalue weighted by atomic mass is 9.84. The molecule has 0 aromatic heterocycles. The molecule has 0 amide bonds. The number of likely N-dealkylation sites (tertiary alicyclic amines) is 2. The Hall–Kier alpha value is -4.58. The number of phenolic OH excluding ortho intramolecular Hbond substituents is 2. The van der Waals surface area contributed by atoms with Crippen LogP contribution in [0.1, 0.15) is 59.3 Å². The summed E-state index contributed by atoms with van der Waals surface area (Å²) in [4.78, 5) is 7.58. The molecule has 4 aromatic rings. The molecule has 4 aliphatic heterocycles. The van der Waals surface area contributed by atoms with Gasteiger partial charge in [-0.1, -0.05) is 48.5 Å². The van der Waals surface area contributed by atoms with E-state index in [0.717, 1.165) is 61.5 Å². The Balaban J connectivity index is 0.000000196. The van der Waals surface area contributed by atoms with Crippen LogP contribution in [0.25, 0.3) is 0 Å². The van der Waals surface area contributed by atoms with Gasteiger partial charge in [0.25, 0.3) is 11.8 Å². The van der Waals surface area contributed by atoms with Crippen LogP contribution in [-0.4, -0.2) is 156 Å². The van der Waals surface area contributed by atoms with Crippen LogP contribution >= 0.6 is 0 Å². The Bertz CT molecular complexity index is 2020. The number of fused-ring (bicyclic) bond motifs is 2. The second-order valence-corrected chi connectivity index (χ2v) is 18.4. The predicted molar refractivity (Wildman–Crippen MR) is 239 cm³/mol. The van der Waals surface area contributed by atoms with Gasteiger partial charge in [-0.15, -0.1) is 0 Å². The molecule has 2 fully saturated rings. The number of halogens is 6. The van der Waals surface area contributed by atoms with Crippen molar-refractivity contribution in [3.8, 4) is 23.0 Å². The van der Waals surface area contributed by atoms with Gasteiger partial charge in [0.05, 0.1) is 38.5 Å². The summed E-state index contributed by atoms with van der Waals surface area (Å²) in [5.74, 6) is -4.76. The summed E-state index contributed by atoms with van der Waals surface area (Å²) in [6.07, 6.45) is 1.06. The third kappa shape index (κ3) is 11.7. The highest BCUT2D eigenvalue weighted by atomic mass is 19.3. The molecule has 360 valence electrons. The zero-order valence-corrected chi connectivity index (χ0v) is 37.5. The van der Waals surface area contributed by atoms with Crippen LogP contribution in [-0.2, 0) is 12.8 Å². The SMILES string of the molecule is C[C@@H]1Cc2cccc(O)c2[C@@H](c2ccc(OCCN3CC(CF)C3)cc2)N1CC(F)(F)CO.C[C@H]1Cc2cccc(O)c2[C@H](c2ccc(OCCN3CC(CF)C3)cc2)N1CC(F)(F)CO. The van der Waals surface area contributed by atoms with Crippen molar-refractivity contribution in [3.05, 3.63) is 118 Å². The van der Waals surface area contributed by atoms with Crippen molar-refractivity contribution in [1.29, 1.82) is 0 Å². The van der Waals surface area contributed by atoms with Gasteiger partial charge in [0.1, 0.15) is 49.4 Å². The van der Waals surface area contributed by atoms with Gasteiger partial charge in [0, 0.05) is 74.3 Å². The predicted octanol–water partition coefficient (Wildman–Crippen LogP) is 7.27. The van der Waals surface area contributed by atoms with Crippen LogP contribution in [0.15, 0.2) is 84.9 Å². The van der Waals surface area contributed by atoms with Gasteiger partial charge in [-0.3, -0.25) is 28.4 Å². The van der Waals surface area contributed by atoms with Crippen LogP contribution in [0.3, 0.4) is 0 Å². The fraction of sp³-hybridized carbons (Fsp3) is 0.520. The summed E-state index contributed by atoms with van der Waals surface area (Å²) in [5, 5.41) is 39.6. The number of ether oxygens (including phenoxy) is 2. The smallest absolute Gasteiger partial charge is 0.283 e. The lowest BCUT2D eigenvalue weighted by Gasteiger charge is -2.43. The Kier molecular flexibility index (Phi) is 16.1. The molecule has 4 heterocycles. The molecule has 0 radical (unpaired) electrons. The summed E-state index contributed by atoms with van der Waals surface area (Å²) in [5.41, 5.74) is 4.63. The van der Waals surface area contributed by atoms with E-state index in [4.69, 9.17) is 19.7 Å². The Morgan fingerprint density at radius 1 is 0.561 bits per heavy atom. The zero-order chi connectivity index (χ0) is 47.2. The molecule has 4 aromatic carbocycles. The average molecular weight is 929 g/mol. The number of aliphatic hydroxyl groups excluding tert-OH is 2. The summed E-state index contributed by atoms with van der Waals surface area (Å²) in [7, 11) is 0. The van der Waals surface area contributed by atoms with Gasteiger partial charge in [-0.25, -0.2) is 17.6 Å². The second-order valence-electron chi connectivity index (χ2n) is 18.4. The molecule has 16 heteroatoms. The van der Waals surface area contributed by atoms with E-state index in [1.807, 2.05) is 50.2 Å². The fourth-order valence-electron chi connectivity index (χ4n) is 9.73. The van der Waals surface area contributed by atoms with Gasteiger partial charge in [0.2, 0.25) is 0 Å². The van der Waals surface area contributed by atoms with Crippen LogP contribution < -0.4 is 9.47 Å². The number of phenols is 2. The molecule has 66 heavy (non-hydrogen) atoms. The van der Waals surface area contributed by atoms with Gasteiger partial charge in [0.15, 0.2) is 0 Å². The summed E-state index contributed by atoms with van der Waals surface area (Å²) in [6.45, 7) is 4.98. The number of hydrogen-bond acceptors (Lipinski definition) is 10. The van der Waals surface area contributed by atoms with E-state index in [2.05, 4.69) is 9.80 Å². The Morgan fingerprint density at radius 2 is 0.924 bits per heavy atom. The van der Waals surface area contributed by atoms with Crippen LogP contribution in [0.5, 0.6) is 23.0 Å². The first-order chi connectivity index (χ1) is 31.6. The number of aliphatic hydroxyl groups is 2. The fourth-order valence-corrected chi connectivity index (χ4v) is 9.73. The Morgan fingerprint density at radius 3 is 1.26 bits per heavy atom. The highest BCUT2D eigenvalue weighted by Crippen LogP contribution is 2.45. The minimum Gasteiger partial charge on any atom is -0.508 e. The van der Waals surface area contributed by atoms with E-state index < -0.39 is 50.2 Å². The van der Waals surface area contributed by atoms with Crippen molar-refractivity contribution >= 4 is 0 Å². The minimum absolute atomic E-state index is 0.0724. The molecular formula is C50H62F6N4O6. The molecule has 4 atom stereocenters. The van der Waals surface area contributed by atoms with E-state index in [-0.39, 0.29) is 48.8 Å². The van der Waals surface area contributed by atoms with E-state index in [1.165, 1.54) is 0 Å². The number of benzene rings is 4. The summed E-state index contributed by atoms with van der Waals surface area (Å²) < 4.78 is 93.6. The number of alkyl halides is 6. The summed E-state index contributed by atoms with van der Waals surface area (Å²) in [6, 6.07) is 23.5. The number of hydrogen-bond donors (Lipinski definition) is 4. The Labute approximate surface area is 383 Å². The van der Waals surface area contributed by atoms with Crippen molar-refractivity contribution in [2.24, 2.45) is 11.8 Å². The summed E-state index contributed by atoms with van der Waals surface area (Å²) >= 11 is 0. The molecule has 0 aliphatic carbocycles. The van der Waals surface area contributed by atoms with Gasteiger partial charge < -0.3 is 29.9 Å². The molecule has 0 unspecified atom stereocenters. The second kappa shape index (κ2) is 21.6. The third-order valence-corrected chi connectivity index (χ3v) is 13.3. The lowest BCUT2D eigenvalue weighted by Crippen LogP contribution is -2.49. The van der Waals surface area contributed by atoms with Gasteiger partial charge in [-0.2, -0.15) is 0 Å². The molecule has 8 rings (SSSR count). The molecule has 0 bridgehead atoms. The minimum atomic E-state index is -3.25. The number of rotatable bonds is 18. The van der Waals surface area contributed by atoms with E-state index in [9.17, 15) is 36.6 Å². The quantitative estimate of drug-likeness (QED) is 0.0761. The topological polar surface area (TPSA) is 112 Å². The van der Waals surface area contributed by atoms with Crippen molar-refractivity contribution < 1.29 is 56.2 Å². The average Bonchev–Trinajstić information content (AvgIpc) is 3.27. The number of nitrogens with zero attached hydrogens (tertiary/aromatic N) is 4. The van der Waals surface area contributed by atoms with Gasteiger partial charge >= 0.3 is 0 Å². The van der Waals surface area contributed by atoms with Crippen LogP contribution in [0.4, 0.5) is 26.3 Å². The zero-order valence-electron chi connectivity index (χ0n) is 37.5. The van der Waals surface area contributed by atoms with Gasteiger partial charge in [-0.05, 0) is 85.3 Å². The van der Waals surface area contributed by atoms with E-state index in [0.29, 0.717) is 48.7 Å². The largest absolute Gasteiger partial charge is 0.508 e. The monoisotopic (exact) mass is 928 g/mol. The number of aromatic hydroxyl groups is 2. The van der Waals surface area contributed by atoms with Crippen molar-refractivity contribution in [2.45, 2.75) is 62.7 Å². The lowest BCUT2D eigenvalue weighted by molar-refractivity contribution is -0.0865. The maximum Gasteiger partial charge on any atom is 0.283 e. The highest BCUT2D eigenvalue weighted by Gasteiger charge is 2.43. The van der Waals surface area contributed by atoms with Crippen LogP contribution in [0.2, 0.25) is 0 Å². The molecule has 4 N–H and O–H groups in total. The maximum atomic E-state index is 14.2. The third-order valence-electron chi connectivity index (χ3n) is 13.3. The molecule has 0 spiro atoms. The standard InChI is InChI=1S/2C25H31F3N2O3/c2*1-17-11-20-3-2-4-22(32)23(20)24(30(17)15-25(27,28)16-31)19-5-7-21(8-6-19)33-10-9-29-13-18(12-26)14-29/h2*2-8,17-18,24,31-32H,9-16H2,1H3/t2*17-,24-/m10/s1. The normalized spacial score (nSPS) is 22.1. The molecule has 0 saturated carbocycles. The first kappa shape index (κ1) is 49.3. The first-order valence-electron chi connectivity index (χ1n) is 22.7. The van der Waals surface area contributed by atoms with Crippen molar-refractivity contribution in [3.63, 3.8) is 0 Å². The molecule has 10 nitrogen and oxygen atoms in total. The molecule has 4 aliphatic rings. The van der Waals surface area contributed by atoms with E-state index in [1.54, 1.807) is 58.3 Å². The maximum absolute atomic E-state index is 14.2. The molecule has 2 saturated heterocycles. The molecular weight excluding hydrogens is 867 g/mol.